The van der Waals surface area contributed by atoms with Gasteiger partial charge in [-0.25, -0.2) is 13.2 Å². The van der Waals surface area contributed by atoms with Gasteiger partial charge in [-0.05, 0) is 49.2 Å². The number of sulfonamides is 1. The van der Waals surface area contributed by atoms with Gasteiger partial charge in [0, 0.05) is 30.4 Å². The van der Waals surface area contributed by atoms with E-state index in [1.807, 2.05) is 13.8 Å². The molecular formula is C20H26N4O4S. The number of hydrogen-bond acceptors (Lipinski definition) is 4. The van der Waals surface area contributed by atoms with E-state index >= 15 is 0 Å². The molecular weight excluding hydrogens is 392 g/mol. The molecule has 0 aliphatic rings. The highest BCUT2D eigenvalue weighted by molar-refractivity contribution is 7.92. The van der Waals surface area contributed by atoms with Crippen molar-refractivity contribution in [2.24, 2.45) is 0 Å². The van der Waals surface area contributed by atoms with Crippen LogP contribution in [0.4, 0.5) is 10.5 Å². The highest BCUT2D eigenvalue weighted by Crippen LogP contribution is 2.12. The van der Waals surface area contributed by atoms with Crippen molar-refractivity contribution in [3.8, 4) is 0 Å². The first kappa shape index (κ1) is 22.2. The number of hydrogen-bond donors (Lipinski definition) is 4. The number of nitrogens with one attached hydrogen (secondary N) is 4. The average Bonchev–Trinajstić information content (AvgIpc) is 2.63. The van der Waals surface area contributed by atoms with Gasteiger partial charge in [-0.2, -0.15) is 0 Å². The standard InChI is InChI=1S/C20H26N4O4S/c1-14(2)23-20(26)22-12-15-7-9-17(10-8-15)19(25)21-13-16-5-4-6-18(11-16)24-29(3,27)28/h4-11,14,24H,12-13H2,1-3H3,(H,21,25)(H2,22,23,26). The summed E-state index contributed by atoms with van der Waals surface area (Å²) in [4.78, 5) is 23.9. The van der Waals surface area contributed by atoms with Gasteiger partial charge in [-0.1, -0.05) is 24.3 Å². The molecule has 2 aromatic carbocycles. The van der Waals surface area contributed by atoms with E-state index in [9.17, 15) is 18.0 Å². The maximum absolute atomic E-state index is 12.3. The Morgan fingerprint density at radius 1 is 0.931 bits per heavy atom. The third-order valence-corrected chi connectivity index (χ3v) is 4.38. The fourth-order valence-corrected chi connectivity index (χ4v) is 3.07. The van der Waals surface area contributed by atoms with Gasteiger partial charge in [-0.3, -0.25) is 9.52 Å². The maximum Gasteiger partial charge on any atom is 0.315 e. The van der Waals surface area contributed by atoms with Crippen molar-refractivity contribution in [1.82, 2.24) is 16.0 Å². The summed E-state index contributed by atoms with van der Waals surface area (Å²) in [5, 5.41) is 8.29. The number of benzene rings is 2. The average molecular weight is 419 g/mol. The molecule has 8 nitrogen and oxygen atoms in total. The highest BCUT2D eigenvalue weighted by atomic mass is 32.2. The van der Waals surface area contributed by atoms with Gasteiger partial charge in [0.1, 0.15) is 0 Å². The van der Waals surface area contributed by atoms with Crippen LogP contribution in [-0.2, 0) is 23.1 Å². The van der Waals surface area contributed by atoms with Crippen LogP contribution in [0, 0.1) is 0 Å². The Bertz CT molecular complexity index is 957. The minimum Gasteiger partial charge on any atom is -0.348 e. The monoisotopic (exact) mass is 418 g/mol. The van der Waals surface area contributed by atoms with Gasteiger partial charge in [0.25, 0.3) is 5.91 Å². The Hall–Kier alpha value is -3.07. The summed E-state index contributed by atoms with van der Waals surface area (Å²) in [5.41, 5.74) is 2.58. The molecule has 0 saturated heterocycles. The first-order chi connectivity index (χ1) is 13.6. The van der Waals surface area contributed by atoms with Crippen LogP contribution in [0.2, 0.25) is 0 Å². The van der Waals surface area contributed by atoms with E-state index in [1.54, 1.807) is 48.5 Å². The van der Waals surface area contributed by atoms with Crippen molar-refractivity contribution in [1.29, 1.82) is 0 Å². The Morgan fingerprint density at radius 3 is 2.21 bits per heavy atom. The van der Waals surface area contributed by atoms with E-state index < -0.39 is 10.0 Å². The Kier molecular flexibility index (Phi) is 7.60. The molecule has 0 aliphatic carbocycles. The van der Waals surface area contributed by atoms with Crippen molar-refractivity contribution < 1.29 is 18.0 Å². The SMILES string of the molecule is CC(C)NC(=O)NCc1ccc(C(=O)NCc2cccc(NS(C)(=O)=O)c2)cc1. The van der Waals surface area contributed by atoms with Gasteiger partial charge < -0.3 is 16.0 Å². The third kappa shape index (κ3) is 8.22. The second-order valence-electron chi connectivity index (χ2n) is 6.94. The second kappa shape index (κ2) is 9.92. The normalized spacial score (nSPS) is 11.0. The number of rotatable bonds is 8. The number of carbonyl (C=O) groups is 2. The minimum absolute atomic E-state index is 0.0592. The first-order valence-corrected chi connectivity index (χ1v) is 11.0. The lowest BCUT2D eigenvalue weighted by Gasteiger charge is -2.11. The summed E-state index contributed by atoms with van der Waals surface area (Å²) < 4.78 is 25.0. The molecule has 2 aromatic rings. The molecule has 0 unspecified atom stereocenters. The van der Waals surface area contributed by atoms with E-state index in [-0.39, 0.29) is 24.5 Å². The molecule has 29 heavy (non-hydrogen) atoms. The van der Waals surface area contributed by atoms with Gasteiger partial charge in [0.2, 0.25) is 10.0 Å². The van der Waals surface area contributed by atoms with Crippen molar-refractivity contribution >= 4 is 27.6 Å². The Morgan fingerprint density at radius 2 is 1.59 bits per heavy atom. The van der Waals surface area contributed by atoms with Crippen LogP contribution in [0.25, 0.3) is 0 Å². The van der Waals surface area contributed by atoms with Crippen molar-refractivity contribution in [2.45, 2.75) is 33.0 Å². The van der Waals surface area contributed by atoms with E-state index in [1.165, 1.54) is 0 Å². The summed E-state index contributed by atoms with van der Waals surface area (Å²) in [6.07, 6.45) is 1.08. The molecule has 0 atom stereocenters. The minimum atomic E-state index is -3.36. The Labute approximate surface area is 171 Å². The van der Waals surface area contributed by atoms with E-state index in [0.717, 1.165) is 17.4 Å². The predicted molar refractivity (Wildman–Crippen MR) is 113 cm³/mol. The van der Waals surface area contributed by atoms with Gasteiger partial charge in [-0.15, -0.1) is 0 Å². The zero-order chi connectivity index (χ0) is 21.4. The molecule has 3 amide bonds. The molecule has 2 rings (SSSR count). The smallest absolute Gasteiger partial charge is 0.315 e. The summed E-state index contributed by atoms with van der Waals surface area (Å²) in [7, 11) is -3.36. The molecule has 0 radical (unpaired) electrons. The number of anilines is 1. The first-order valence-electron chi connectivity index (χ1n) is 9.10. The predicted octanol–water partition coefficient (Wildman–Crippen LogP) is 2.20. The molecule has 9 heteroatoms. The van der Waals surface area contributed by atoms with Crippen LogP contribution in [0.1, 0.15) is 35.3 Å². The molecule has 0 bridgehead atoms. The van der Waals surface area contributed by atoms with Gasteiger partial charge in [0.05, 0.1) is 6.26 Å². The largest absolute Gasteiger partial charge is 0.348 e. The van der Waals surface area contributed by atoms with Crippen molar-refractivity contribution in [3.05, 3.63) is 65.2 Å². The third-order valence-electron chi connectivity index (χ3n) is 3.77. The van der Waals surface area contributed by atoms with Gasteiger partial charge in [0.15, 0.2) is 0 Å². The fourth-order valence-electron chi connectivity index (χ4n) is 2.51. The topological polar surface area (TPSA) is 116 Å². The zero-order valence-corrected chi connectivity index (χ0v) is 17.5. The molecule has 0 aromatic heterocycles. The van der Waals surface area contributed by atoms with Gasteiger partial charge >= 0.3 is 6.03 Å². The molecule has 156 valence electrons. The summed E-state index contributed by atoms with van der Waals surface area (Å²) in [6.45, 7) is 4.38. The second-order valence-corrected chi connectivity index (χ2v) is 8.68. The summed E-state index contributed by atoms with van der Waals surface area (Å²) in [5.74, 6) is -0.247. The summed E-state index contributed by atoms with van der Waals surface area (Å²) >= 11 is 0. The van der Waals surface area contributed by atoms with Crippen LogP contribution in [0.15, 0.2) is 48.5 Å². The van der Waals surface area contributed by atoms with Crippen LogP contribution < -0.4 is 20.7 Å². The lowest BCUT2D eigenvalue weighted by molar-refractivity contribution is 0.0951. The maximum atomic E-state index is 12.3. The molecule has 0 aliphatic heterocycles. The highest BCUT2D eigenvalue weighted by Gasteiger charge is 2.08. The molecule has 0 heterocycles. The zero-order valence-electron chi connectivity index (χ0n) is 16.7. The molecule has 0 fully saturated rings. The number of urea groups is 1. The van der Waals surface area contributed by atoms with E-state index in [0.29, 0.717) is 17.8 Å². The molecule has 0 spiro atoms. The number of amides is 3. The fraction of sp³-hybridized carbons (Fsp3) is 0.300. The van der Waals surface area contributed by atoms with Crippen molar-refractivity contribution in [2.75, 3.05) is 11.0 Å². The van der Waals surface area contributed by atoms with Crippen LogP contribution in [0.3, 0.4) is 0 Å². The summed E-state index contributed by atoms with van der Waals surface area (Å²) in [6, 6.07) is 13.6. The Balaban J connectivity index is 1.88. The van der Waals surface area contributed by atoms with E-state index in [2.05, 4.69) is 20.7 Å². The molecule has 4 N–H and O–H groups in total. The number of carbonyl (C=O) groups excluding carboxylic acids is 2. The van der Waals surface area contributed by atoms with Crippen LogP contribution >= 0.6 is 0 Å². The lowest BCUT2D eigenvalue weighted by Crippen LogP contribution is -2.39. The van der Waals surface area contributed by atoms with Crippen LogP contribution in [0.5, 0.6) is 0 Å². The quantitative estimate of drug-likeness (QED) is 0.526. The molecule has 0 saturated carbocycles. The van der Waals surface area contributed by atoms with E-state index in [4.69, 9.17) is 0 Å². The lowest BCUT2D eigenvalue weighted by atomic mass is 10.1. The van der Waals surface area contributed by atoms with Crippen LogP contribution in [-0.4, -0.2) is 32.7 Å². The van der Waals surface area contributed by atoms with Crippen molar-refractivity contribution in [3.63, 3.8) is 0 Å².